The molecular formula is C12H10ClNO3. The van der Waals surface area contributed by atoms with Gasteiger partial charge in [-0.25, -0.2) is 4.79 Å². The van der Waals surface area contributed by atoms with Crippen LogP contribution in [0, 0.1) is 11.5 Å². The van der Waals surface area contributed by atoms with Crippen molar-refractivity contribution >= 4 is 22.6 Å². The average Bonchev–Trinajstić information content (AvgIpc) is 2.36. The molecule has 0 N–H and O–H groups in total. The Morgan fingerprint density at radius 2 is 2.06 bits per heavy atom. The third kappa shape index (κ3) is 3.51. The van der Waals surface area contributed by atoms with Crippen LogP contribution in [0.1, 0.15) is 12.5 Å². The molecule has 0 spiro atoms. The van der Waals surface area contributed by atoms with Gasteiger partial charge in [-0.2, -0.15) is 0 Å². The number of halogens is 1. The number of esters is 1. The van der Waals surface area contributed by atoms with Crippen LogP contribution < -0.4 is 0 Å². The molecule has 1 aromatic rings. The van der Waals surface area contributed by atoms with Crippen molar-refractivity contribution in [2.45, 2.75) is 6.92 Å². The first-order valence-electron chi connectivity index (χ1n) is 4.89. The van der Waals surface area contributed by atoms with Crippen molar-refractivity contribution in [1.82, 2.24) is 0 Å². The van der Waals surface area contributed by atoms with Crippen LogP contribution in [-0.2, 0) is 14.3 Å². The van der Waals surface area contributed by atoms with Crippen molar-refractivity contribution in [3.8, 4) is 6.26 Å². The zero-order valence-electron chi connectivity index (χ0n) is 9.14. The number of carbonyl (C=O) groups is 1. The number of hydrogen-bond donors (Lipinski definition) is 0. The Morgan fingerprint density at radius 3 is 2.59 bits per heavy atom. The Bertz CT molecular complexity index is 462. The topological polar surface area (TPSA) is 59.3 Å². The predicted molar refractivity (Wildman–Crippen MR) is 62.5 cm³/mol. The molecule has 0 amide bonds. The highest BCUT2D eigenvalue weighted by Crippen LogP contribution is 2.24. The van der Waals surface area contributed by atoms with Crippen LogP contribution in [0.15, 0.2) is 36.1 Å². The van der Waals surface area contributed by atoms with E-state index < -0.39 is 5.97 Å². The minimum Gasteiger partial charge on any atom is -0.460 e. The molecule has 0 unspecified atom stereocenters. The lowest BCUT2D eigenvalue weighted by molar-refractivity contribution is -0.141. The zero-order chi connectivity index (χ0) is 12.7. The average molecular weight is 252 g/mol. The summed E-state index contributed by atoms with van der Waals surface area (Å²) in [7, 11) is 0. The molecule has 0 bridgehead atoms. The molecule has 0 saturated carbocycles. The van der Waals surface area contributed by atoms with Crippen LogP contribution in [0.3, 0.4) is 0 Å². The Labute approximate surface area is 104 Å². The second kappa shape index (κ2) is 6.56. The zero-order valence-corrected chi connectivity index (χ0v) is 9.90. The Kier molecular flexibility index (Phi) is 5.05. The summed E-state index contributed by atoms with van der Waals surface area (Å²) in [5.74, 6) is -1.06. The first-order valence-corrected chi connectivity index (χ1v) is 5.26. The summed E-state index contributed by atoms with van der Waals surface area (Å²) >= 11 is 5.98. The maximum Gasteiger partial charge on any atom is 0.377 e. The van der Waals surface area contributed by atoms with E-state index in [0.717, 1.165) is 0 Å². The molecule has 0 aromatic heterocycles. The monoisotopic (exact) mass is 251 g/mol. The molecule has 0 fully saturated rings. The van der Waals surface area contributed by atoms with E-state index in [-0.39, 0.29) is 17.4 Å². The maximum atomic E-state index is 11.5. The van der Waals surface area contributed by atoms with Gasteiger partial charge in [-0.05, 0) is 12.5 Å². The van der Waals surface area contributed by atoms with Gasteiger partial charge in [-0.3, -0.25) is 0 Å². The highest BCUT2D eigenvalue weighted by atomic mass is 35.5. The second-order valence-electron chi connectivity index (χ2n) is 2.92. The van der Waals surface area contributed by atoms with Gasteiger partial charge in [0.1, 0.15) is 0 Å². The number of benzene rings is 1. The molecule has 88 valence electrons. The predicted octanol–water partition coefficient (Wildman–Crippen LogP) is 2.65. The molecule has 0 aliphatic carbocycles. The summed E-state index contributed by atoms with van der Waals surface area (Å²) < 4.78 is 9.29. The maximum absolute atomic E-state index is 11.5. The fourth-order valence-electron chi connectivity index (χ4n) is 1.13. The number of carbonyl (C=O) groups excluding carboxylic acids is 1. The van der Waals surface area contributed by atoms with Crippen molar-refractivity contribution in [2.24, 2.45) is 0 Å². The van der Waals surface area contributed by atoms with Gasteiger partial charge in [0.05, 0.1) is 11.6 Å². The molecule has 0 aliphatic heterocycles. The molecule has 5 heteroatoms. The highest BCUT2D eigenvalue weighted by Gasteiger charge is 2.19. The number of ether oxygens (including phenoxy) is 2. The van der Waals surface area contributed by atoms with Crippen molar-refractivity contribution in [3.05, 3.63) is 41.7 Å². The van der Waals surface area contributed by atoms with E-state index in [1.807, 2.05) is 6.07 Å². The van der Waals surface area contributed by atoms with Gasteiger partial charge in [0.15, 0.2) is 0 Å². The van der Waals surface area contributed by atoms with Gasteiger partial charge in [0, 0.05) is 0 Å². The molecule has 0 saturated heterocycles. The van der Waals surface area contributed by atoms with Crippen LogP contribution in [0.5, 0.6) is 0 Å². The number of nitriles is 1. The summed E-state index contributed by atoms with van der Waals surface area (Å²) in [5, 5.41) is 8.52. The summed E-state index contributed by atoms with van der Waals surface area (Å²) in [6.07, 6.45) is 1.41. The molecule has 0 aliphatic rings. The first kappa shape index (κ1) is 13.1. The minimum atomic E-state index is -0.761. The smallest absolute Gasteiger partial charge is 0.377 e. The van der Waals surface area contributed by atoms with Gasteiger partial charge in [-0.15, -0.1) is 5.26 Å². The van der Waals surface area contributed by atoms with Crippen LogP contribution in [0.4, 0.5) is 0 Å². The van der Waals surface area contributed by atoms with Gasteiger partial charge >= 0.3 is 5.97 Å². The Hall–Kier alpha value is -1.99. The van der Waals surface area contributed by atoms with Crippen LogP contribution in [0.25, 0.3) is 5.03 Å². The van der Waals surface area contributed by atoms with Gasteiger partial charge in [0.25, 0.3) is 6.26 Å². The van der Waals surface area contributed by atoms with E-state index in [4.69, 9.17) is 21.6 Å². The lowest BCUT2D eigenvalue weighted by Crippen LogP contribution is -2.10. The molecule has 17 heavy (non-hydrogen) atoms. The summed E-state index contributed by atoms with van der Waals surface area (Å²) in [4.78, 5) is 11.5. The van der Waals surface area contributed by atoms with Crippen LogP contribution in [0.2, 0.25) is 0 Å². The van der Waals surface area contributed by atoms with E-state index in [1.54, 1.807) is 31.2 Å². The van der Waals surface area contributed by atoms with Crippen molar-refractivity contribution in [2.75, 3.05) is 6.61 Å². The third-order valence-corrected chi connectivity index (χ3v) is 2.22. The van der Waals surface area contributed by atoms with Crippen molar-refractivity contribution < 1.29 is 14.3 Å². The number of hydrogen-bond acceptors (Lipinski definition) is 4. The standard InChI is InChI=1S/C12H10ClNO3/c1-2-16-12(15)11(17-8-14)10(13)9-6-4-3-5-7-9/h3-7H,2H2,1H3. The third-order valence-electron chi connectivity index (χ3n) is 1.84. The van der Waals surface area contributed by atoms with Crippen molar-refractivity contribution in [3.63, 3.8) is 0 Å². The molecular weight excluding hydrogens is 242 g/mol. The van der Waals surface area contributed by atoms with E-state index in [9.17, 15) is 4.79 Å². The molecule has 0 radical (unpaired) electrons. The van der Waals surface area contributed by atoms with Crippen LogP contribution in [-0.4, -0.2) is 12.6 Å². The molecule has 0 atom stereocenters. The van der Waals surface area contributed by atoms with Crippen molar-refractivity contribution in [1.29, 1.82) is 5.26 Å². The fourth-order valence-corrected chi connectivity index (χ4v) is 1.38. The highest BCUT2D eigenvalue weighted by molar-refractivity contribution is 6.50. The van der Waals surface area contributed by atoms with E-state index in [1.165, 1.54) is 6.26 Å². The van der Waals surface area contributed by atoms with Gasteiger partial charge in [0.2, 0.25) is 5.76 Å². The normalized spacial score (nSPS) is 11.1. The summed E-state index contributed by atoms with van der Waals surface area (Å²) in [6, 6.07) is 8.72. The molecule has 1 rings (SSSR count). The largest absolute Gasteiger partial charge is 0.460 e. The molecule has 1 aromatic carbocycles. The lowest BCUT2D eigenvalue weighted by Gasteiger charge is -2.06. The number of nitrogens with zero attached hydrogens (tertiary/aromatic N) is 1. The van der Waals surface area contributed by atoms with E-state index in [0.29, 0.717) is 5.56 Å². The SMILES string of the molecule is CCOC(=O)C(OC#N)=C(Cl)c1ccccc1. The second-order valence-corrected chi connectivity index (χ2v) is 3.30. The van der Waals surface area contributed by atoms with Gasteiger partial charge in [-0.1, -0.05) is 41.9 Å². The fraction of sp³-hybridized carbons (Fsp3) is 0.167. The minimum absolute atomic E-state index is 0.0469. The van der Waals surface area contributed by atoms with E-state index >= 15 is 0 Å². The van der Waals surface area contributed by atoms with E-state index in [2.05, 4.69) is 4.74 Å². The molecule has 4 nitrogen and oxygen atoms in total. The van der Waals surface area contributed by atoms with Gasteiger partial charge < -0.3 is 9.47 Å². The number of rotatable bonds is 4. The summed E-state index contributed by atoms with van der Waals surface area (Å²) in [6.45, 7) is 1.83. The first-order chi connectivity index (χ1) is 8.20. The quantitative estimate of drug-likeness (QED) is 0.357. The van der Waals surface area contributed by atoms with Crippen LogP contribution >= 0.6 is 11.6 Å². The Balaban J connectivity index is 3.11. The molecule has 0 heterocycles. The lowest BCUT2D eigenvalue weighted by atomic mass is 10.2. The Morgan fingerprint density at radius 1 is 1.41 bits per heavy atom. The summed E-state index contributed by atoms with van der Waals surface area (Å²) in [5.41, 5.74) is 0.576.